The molecule has 0 aliphatic carbocycles. The highest BCUT2D eigenvalue weighted by atomic mass is 28.3. The standard InChI is InChI=1S/C17H30Si/c1-5-6-10-15-18(3,4)16(2)13-14-17-11-8-7-9-12-17/h7-9,11-12,16H,5-6,10,13-15H2,1-4H3. The third-order valence-electron chi connectivity index (χ3n) is 4.47. The third kappa shape index (κ3) is 5.39. The minimum atomic E-state index is -0.998. The SMILES string of the molecule is CCCCC[Si](C)(C)C(C)CCc1ccccc1. The highest BCUT2D eigenvalue weighted by molar-refractivity contribution is 6.78. The number of benzene rings is 1. The molecule has 0 aliphatic heterocycles. The summed E-state index contributed by atoms with van der Waals surface area (Å²) in [6.45, 7) is 9.95. The van der Waals surface area contributed by atoms with Crippen molar-refractivity contribution in [1.29, 1.82) is 0 Å². The van der Waals surface area contributed by atoms with E-state index in [1.165, 1.54) is 43.7 Å². The Balaban J connectivity index is 2.36. The van der Waals surface area contributed by atoms with Gasteiger partial charge in [-0.05, 0) is 23.9 Å². The Morgan fingerprint density at radius 3 is 2.33 bits per heavy atom. The Labute approximate surface area is 115 Å². The van der Waals surface area contributed by atoms with Gasteiger partial charge in [-0.15, -0.1) is 0 Å². The lowest BCUT2D eigenvalue weighted by atomic mass is 10.1. The Hall–Kier alpha value is -0.563. The predicted octanol–water partition coefficient (Wildman–Crippen LogP) is 5.91. The summed E-state index contributed by atoms with van der Waals surface area (Å²) in [5.41, 5.74) is 2.44. The van der Waals surface area contributed by atoms with Gasteiger partial charge in [-0.2, -0.15) is 0 Å². The Kier molecular flexibility index (Phi) is 6.70. The monoisotopic (exact) mass is 262 g/mol. The van der Waals surface area contributed by atoms with Gasteiger partial charge in [0.25, 0.3) is 0 Å². The van der Waals surface area contributed by atoms with Gasteiger partial charge in [0.05, 0.1) is 8.07 Å². The number of hydrogen-bond acceptors (Lipinski definition) is 0. The van der Waals surface area contributed by atoms with Crippen molar-refractivity contribution in [3.63, 3.8) is 0 Å². The minimum Gasteiger partial charge on any atom is -0.0692 e. The van der Waals surface area contributed by atoms with Crippen LogP contribution in [0.25, 0.3) is 0 Å². The molecule has 0 bridgehead atoms. The summed E-state index contributed by atoms with van der Waals surface area (Å²) in [4.78, 5) is 0. The van der Waals surface area contributed by atoms with Crippen LogP contribution in [-0.2, 0) is 6.42 Å². The van der Waals surface area contributed by atoms with E-state index >= 15 is 0 Å². The van der Waals surface area contributed by atoms with E-state index in [4.69, 9.17) is 0 Å². The summed E-state index contributed by atoms with van der Waals surface area (Å²) in [5.74, 6) is 0. The minimum absolute atomic E-state index is 0.939. The van der Waals surface area contributed by atoms with E-state index < -0.39 is 8.07 Å². The lowest BCUT2D eigenvalue weighted by Gasteiger charge is -2.30. The average Bonchev–Trinajstić information content (AvgIpc) is 2.37. The zero-order valence-corrected chi connectivity index (χ0v) is 13.7. The van der Waals surface area contributed by atoms with E-state index in [-0.39, 0.29) is 0 Å². The molecule has 0 heterocycles. The molecule has 0 N–H and O–H groups in total. The zero-order chi connectivity index (χ0) is 13.4. The molecule has 0 radical (unpaired) electrons. The van der Waals surface area contributed by atoms with Crippen molar-refractivity contribution < 1.29 is 0 Å². The normalized spacial score (nSPS) is 13.6. The fraction of sp³-hybridized carbons (Fsp3) is 0.647. The van der Waals surface area contributed by atoms with Crippen LogP contribution in [0.1, 0.15) is 45.1 Å². The molecule has 0 amide bonds. The molecule has 18 heavy (non-hydrogen) atoms. The van der Waals surface area contributed by atoms with Crippen LogP contribution in [0.5, 0.6) is 0 Å². The smallest absolute Gasteiger partial charge is 0.0502 e. The quantitative estimate of drug-likeness (QED) is 0.404. The van der Waals surface area contributed by atoms with E-state index in [0.717, 1.165) is 5.54 Å². The van der Waals surface area contributed by atoms with Gasteiger partial charge in [0, 0.05) is 0 Å². The van der Waals surface area contributed by atoms with E-state index in [2.05, 4.69) is 57.3 Å². The maximum absolute atomic E-state index is 2.58. The van der Waals surface area contributed by atoms with Crippen molar-refractivity contribution in [3.05, 3.63) is 35.9 Å². The van der Waals surface area contributed by atoms with Gasteiger partial charge in [0.1, 0.15) is 0 Å². The predicted molar refractivity (Wildman–Crippen MR) is 86.0 cm³/mol. The molecule has 0 aliphatic rings. The fourth-order valence-electron chi connectivity index (χ4n) is 2.50. The number of aryl methyl sites for hydroxylation is 1. The molecule has 1 aromatic carbocycles. The molecule has 0 saturated carbocycles. The van der Waals surface area contributed by atoms with Crippen LogP contribution in [0.4, 0.5) is 0 Å². The molecule has 0 aromatic heterocycles. The molecular weight excluding hydrogens is 232 g/mol. The first-order valence-corrected chi connectivity index (χ1v) is 10.9. The Morgan fingerprint density at radius 1 is 1.06 bits per heavy atom. The van der Waals surface area contributed by atoms with Crippen molar-refractivity contribution in [3.8, 4) is 0 Å². The topological polar surface area (TPSA) is 0 Å². The van der Waals surface area contributed by atoms with Crippen molar-refractivity contribution in [2.75, 3.05) is 0 Å². The van der Waals surface area contributed by atoms with E-state index in [9.17, 15) is 0 Å². The molecule has 1 unspecified atom stereocenters. The molecule has 0 nitrogen and oxygen atoms in total. The molecule has 102 valence electrons. The largest absolute Gasteiger partial charge is 0.0692 e. The molecular formula is C17H30Si. The van der Waals surface area contributed by atoms with Crippen LogP contribution in [0.2, 0.25) is 24.7 Å². The summed E-state index contributed by atoms with van der Waals surface area (Å²) in [6, 6.07) is 12.5. The van der Waals surface area contributed by atoms with Crippen LogP contribution < -0.4 is 0 Å². The van der Waals surface area contributed by atoms with Gasteiger partial charge in [-0.25, -0.2) is 0 Å². The van der Waals surface area contributed by atoms with Crippen molar-refractivity contribution in [2.24, 2.45) is 0 Å². The molecule has 0 saturated heterocycles. The second kappa shape index (κ2) is 7.78. The first-order valence-electron chi connectivity index (χ1n) is 7.60. The maximum atomic E-state index is 2.58. The van der Waals surface area contributed by atoms with Crippen molar-refractivity contribution in [2.45, 2.75) is 70.6 Å². The molecule has 1 heteroatoms. The van der Waals surface area contributed by atoms with E-state index in [1.54, 1.807) is 0 Å². The first-order chi connectivity index (χ1) is 8.56. The van der Waals surface area contributed by atoms with Gasteiger partial charge in [0.15, 0.2) is 0 Å². The summed E-state index contributed by atoms with van der Waals surface area (Å²) in [6.07, 6.45) is 6.84. The van der Waals surface area contributed by atoms with Crippen LogP contribution in [0.15, 0.2) is 30.3 Å². The summed E-state index contributed by atoms with van der Waals surface area (Å²) in [5, 5.41) is 0. The summed E-state index contributed by atoms with van der Waals surface area (Å²) in [7, 11) is -0.998. The van der Waals surface area contributed by atoms with Gasteiger partial charge < -0.3 is 0 Å². The average molecular weight is 263 g/mol. The second-order valence-electron chi connectivity index (χ2n) is 6.37. The number of hydrogen-bond donors (Lipinski definition) is 0. The van der Waals surface area contributed by atoms with Crippen molar-refractivity contribution in [1.82, 2.24) is 0 Å². The summed E-state index contributed by atoms with van der Waals surface area (Å²) >= 11 is 0. The molecule has 1 aromatic rings. The highest BCUT2D eigenvalue weighted by Crippen LogP contribution is 2.31. The van der Waals surface area contributed by atoms with Gasteiger partial charge in [-0.1, -0.05) is 82.6 Å². The van der Waals surface area contributed by atoms with E-state index in [0.29, 0.717) is 0 Å². The molecule has 0 fully saturated rings. The number of rotatable bonds is 8. The molecule has 0 spiro atoms. The molecule has 1 atom stereocenters. The molecule has 1 rings (SSSR count). The second-order valence-corrected chi connectivity index (χ2v) is 11.8. The van der Waals surface area contributed by atoms with E-state index in [1.807, 2.05) is 0 Å². The van der Waals surface area contributed by atoms with Crippen LogP contribution in [0, 0.1) is 0 Å². The van der Waals surface area contributed by atoms with Crippen LogP contribution >= 0.6 is 0 Å². The van der Waals surface area contributed by atoms with Gasteiger partial charge in [0.2, 0.25) is 0 Å². The zero-order valence-electron chi connectivity index (χ0n) is 12.7. The van der Waals surface area contributed by atoms with Gasteiger partial charge in [-0.3, -0.25) is 0 Å². The first kappa shape index (κ1) is 15.5. The van der Waals surface area contributed by atoms with Crippen LogP contribution in [-0.4, -0.2) is 8.07 Å². The van der Waals surface area contributed by atoms with Crippen LogP contribution in [0.3, 0.4) is 0 Å². The lowest BCUT2D eigenvalue weighted by Crippen LogP contribution is -2.31. The highest BCUT2D eigenvalue weighted by Gasteiger charge is 2.26. The maximum Gasteiger partial charge on any atom is 0.0502 e. The summed E-state index contributed by atoms with van der Waals surface area (Å²) < 4.78 is 0. The fourth-order valence-corrected chi connectivity index (χ4v) is 5.08. The van der Waals surface area contributed by atoms with Gasteiger partial charge >= 0.3 is 0 Å². The Morgan fingerprint density at radius 2 is 1.72 bits per heavy atom. The Bertz CT molecular complexity index is 316. The number of unbranched alkanes of at least 4 members (excludes halogenated alkanes) is 2. The lowest BCUT2D eigenvalue weighted by molar-refractivity contribution is 0.725. The van der Waals surface area contributed by atoms with Crippen molar-refractivity contribution >= 4 is 8.07 Å². The third-order valence-corrected chi connectivity index (χ3v) is 9.07.